The largest absolute Gasteiger partial charge is 0.326 e. The fraction of sp³-hybridized carbons (Fsp3) is 0.0769. The summed E-state index contributed by atoms with van der Waals surface area (Å²) in [6, 6.07) is 9.82. The third-order valence-electron chi connectivity index (χ3n) is 2.81. The molecule has 1 aromatic carbocycles. The summed E-state index contributed by atoms with van der Waals surface area (Å²) in [5.41, 5.74) is 2.75. The average molecular weight is 370 g/mol. The van der Waals surface area contributed by atoms with Gasteiger partial charge in [-0.1, -0.05) is 11.6 Å². The lowest BCUT2D eigenvalue weighted by atomic mass is 10.3. The van der Waals surface area contributed by atoms with E-state index in [0.717, 1.165) is 20.4 Å². The number of fused-ring (bicyclic) bond motifs is 1. The molecule has 2 heterocycles. The highest BCUT2D eigenvalue weighted by Crippen LogP contribution is 2.27. The molecule has 0 aliphatic heterocycles. The van der Waals surface area contributed by atoms with Crippen molar-refractivity contribution in [3.8, 4) is 11.5 Å². The molecule has 5 heteroatoms. The van der Waals surface area contributed by atoms with Crippen LogP contribution >= 0.6 is 34.2 Å². The molecule has 90 valence electrons. The van der Waals surface area contributed by atoms with E-state index < -0.39 is 0 Å². The lowest BCUT2D eigenvalue weighted by Gasteiger charge is -2.03. The molecule has 0 saturated carbocycles. The van der Waals surface area contributed by atoms with E-state index in [9.17, 15) is 0 Å². The Kier molecular flexibility index (Phi) is 2.99. The van der Waals surface area contributed by atoms with Crippen LogP contribution in [0.2, 0.25) is 5.02 Å². The van der Waals surface area contributed by atoms with Crippen LogP contribution in [-0.2, 0) is 7.05 Å². The second-order valence-electron chi connectivity index (χ2n) is 3.96. The Hall–Kier alpha value is -1.14. The van der Waals surface area contributed by atoms with Crippen molar-refractivity contribution < 1.29 is 0 Å². The number of nitrogens with zero attached hydrogens (tertiary/aromatic N) is 3. The Morgan fingerprint density at radius 1 is 1.28 bits per heavy atom. The fourth-order valence-electron chi connectivity index (χ4n) is 1.93. The number of hydrogen-bond donors (Lipinski definition) is 0. The molecular formula is C13H9ClIN3. The minimum Gasteiger partial charge on any atom is -0.326 e. The summed E-state index contributed by atoms with van der Waals surface area (Å²) in [5, 5.41) is 0.616. The van der Waals surface area contributed by atoms with Crippen LogP contribution in [0.15, 0.2) is 36.5 Å². The summed E-state index contributed by atoms with van der Waals surface area (Å²) in [6.07, 6.45) is 1.73. The average Bonchev–Trinajstić information content (AvgIpc) is 2.67. The van der Waals surface area contributed by atoms with Crippen LogP contribution < -0.4 is 0 Å². The van der Waals surface area contributed by atoms with Crippen LogP contribution in [-0.4, -0.2) is 14.5 Å². The zero-order valence-electron chi connectivity index (χ0n) is 9.56. The maximum atomic E-state index is 6.17. The van der Waals surface area contributed by atoms with Gasteiger partial charge in [0.1, 0.15) is 5.69 Å². The van der Waals surface area contributed by atoms with Crippen LogP contribution in [0.3, 0.4) is 0 Å². The van der Waals surface area contributed by atoms with E-state index in [4.69, 9.17) is 11.6 Å². The summed E-state index contributed by atoms with van der Waals surface area (Å²) in [7, 11) is 1.97. The molecule has 18 heavy (non-hydrogen) atoms. The normalized spacial score (nSPS) is 11.1. The van der Waals surface area contributed by atoms with Crippen molar-refractivity contribution in [1.29, 1.82) is 0 Å². The summed E-state index contributed by atoms with van der Waals surface area (Å²) in [4.78, 5) is 8.93. The number of imidazole rings is 1. The van der Waals surface area contributed by atoms with Gasteiger partial charge < -0.3 is 4.57 Å². The van der Waals surface area contributed by atoms with Gasteiger partial charge in [-0.3, -0.25) is 4.98 Å². The predicted octanol–water partition coefficient (Wildman–Crippen LogP) is 3.89. The maximum absolute atomic E-state index is 6.17. The fourth-order valence-corrected chi connectivity index (χ4v) is 2.62. The molecule has 0 aliphatic carbocycles. The van der Waals surface area contributed by atoms with Crippen molar-refractivity contribution in [3.63, 3.8) is 0 Å². The minimum absolute atomic E-state index is 0.616. The Balaban J connectivity index is 2.31. The van der Waals surface area contributed by atoms with Gasteiger partial charge in [0, 0.05) is 16.8 Å². The van der Waals surface area contributed by atoms with E-state index in [1.54, 1.807) is 6.20 Å². The molecular weight excluding hydrogens is 361 g/mol. The van der Waals surface area contributed by atoms with Gasteiger partial charge in [-0.2, -0.15) is 0 Å². The molecule has 0 saturated heterocycles. The topological polar surface area (TPSA) is 30.7 Å². The van der Waals surface area contributed by atoms with Crippen molar-refractivity contribution in [2.75, 3.05) is 0 Å². The first-order valence-electron chi connectivity index (χ1n) is 5.39. The van der Waals surface area contributed by atoms with Gasteiger partial charge in [0.2, 0.25) is 0 Å². The van der Waals surface area contributed by atoms with E-state index in [2.05, 4.69) is 50.8 Å². The Bertz CT molecular complexity index is 736. The van der Waals surface area contributed by atoms with E-state index >= 15 is 0 Å². The molecule has 0 bridgehead atoms. The Morgan fingerprint density at radius 2 is 2.11 bits per heavy atom. The second-order valence-corrected chi connectivity index (χ2v) is 5.61. The van der Waals surface area contributed by atoms with Gasteiger partial charge in [0.25, 0.3) is 0 Å². The number of aryl methyl sites for hydroxylation is 1. The third kappa shape index (κ3) is 1.89. The van der Waals surface area contributed by atoms with Crippen molar-refractivity contribution in [3.05, 3.63) is 45.1 Å². The van der Waals surface area contributed by atoms with Crippen LogP contribution in [0.5, 0.6) is 0 Å². The molecule has 0 fully saturated rings. The van der Waals surface area contributed by atoms with E-state index in [1.807, 2.05) is 23.7 Å². The molecule has 2 aromatic heterocycles. The standard InChI is InChI=1S/C13H9ClIN3/c1-18-11-5-4-8(15)7-10(11)17-13(18)12-9(14)3-2-6-16-12/h2-7H,1H3. The van der Waals surface area contributed by atoms with Crippen molar-refractivity contribution in [2.45, 2.75) is 0 Å². The third-order valence-corrected chi connectivity index (χ3v) is 3.79. The monoisotopic (exact) mass is 369 g/mol. The molecule has 0 N–H and O–H groups in total. The summed E-state index contributed by atoms with van der Waals surface area (Å²) in [5.74, 6) is 0.789. The quantitative estimate of drug-likeness (QED) is 0.609. The molecule has 3 aromatic rings. The van der Waals surface area contributed by atoms with Crippen LogP contribution in [0, 0.1) is 3.57 Å². The Morgan fingerprint density at radius 3 is 2.89 bits per heavy atom. The maximum Gasteiger partial charge on any atom is 0.161 e. The van der Waals surface area contributed by atoms with Gasteiger partial charge in [-0.05, 0) is 52.9 Å². The van der Waals surface area contributed by atoms with Gasteiger partial charge in [0.05, 0.1) is 16.1 Å². The first-order chi connectivity index (χ1) is 8.66. The lowest BCUT2D eigenvalue weighted by molar-refractivity contribution is 0.950. The number of benzene rings is 1. The molecule has 3 rings (SSSR count). The molecule has 0 unspecified atom stereocenters. The SMILES string of the molecule is Cn1c(-c2ncccc2Cl)nc2cc(I)ccc21. The second kappa shape index (κ2) is 4.51. The summed E-state index contributed by atoms with van der Waals surface area (Å²) in [6.45, 7) is 0. The lowest BCUT2D eigenvalue weighted by Crippen LogP contribution is -1.95. The van der Waals surface area contributed by atoms with Crippen LogP contribution in [0.4, 0.5) is 0 Å². The van der Waals surface area contributed by atoms with Gasteiger partial charge >= 0.3 is 0 Å². The number of rotatable bonds is 1. The minimum atomic E-state index is 0.616. The molecule has 0 radical (unpaired) electrons. The highest BCUT2D eigenvalue weighted by molar-refractivity contribution is 14.1. The highest BCUT2D eigenvalue weighted by Gasteiger charge is 2.13. The zero-order valence-corrected chi connectivity index (χ0v) is 12.5. The van der Waals surface area contributed by atoms with E-state index in [-0.39, 0.29) is 0 Å². The van der Waals surface area contributed by atoms with Crippen molar-refractivity contribution in [1.82, 2.24) is 14.5 Å². The predicted molar refractivity (Wildman–Crippen MR) is 81.7 cm³/mol. The van der Waals surface area contributed by atoms with Gasteiger partial charge in [0.15, 0.2) is 5.82 Å². The van der Waals surface area contributed by atoms with Crippen molar-refractivity contribution >= 4 is 45.2 Å². The number of pyridine rings is 1. The number of hydrogen-bond acceptors (Lipinski definition) is 2. The molecule has 0 atom stereocenters. The summed E-state index contributed by atoms with van der Waals surface area (Å²) < 4.78 is 3.18. The Labute approximate surface area is 123 Å². The number of aromatic nitrogens is 3. The molecule has 0 amide bonds. The number of halogens is 2. The highest BCUT2D eigenvalue weighted by atomic mass is 127. The van der Waals surface area contributed by atoms with Crippen molar-refractivity contribution in [2.24, 2.45) is 7.05 Å². The first-order valence-corrected chi connectivity index (χ1v) is 6.85. The molecule has 0 spiro atoms. The van der Waals surface area contributed by atoms with Crippen LogP contribution in [0.1, 0.15) is 0 Å². The van der Waals surface area contributed by atoms with Crippen LogP contribution in [0.25, 0.3) is 22.6 Å². The summed E-state index contributed by atoms with van der Waals surface area (Å²) >= 11 is 8.45. The molecule has 3 nitrogen and oxygen atoms in total. The van der Waals surface area contributed by atoms with Gasteiger partial charge in [-0.15, -0.1) is 0 Å². The first kappa shape index (κ1) is 11.9. The zero-order chi connectivity index (χ0) is 12.7. The smallest absolute Gasteiger partial charge is 0.161 e. The molecule has 0 aliphatic rings. The van der Waals surface area contributed by atoms with Gasteiger partial charge in [-0.25, -0.2) is 4.98 Å². The van der Waals surface area contributed by atoms with E-state index in [1.165, 1.54) is 0 Å². The van der Waals surface area contributed by atoms with E-state index in [0.29, 0.717) is 10.7 Å².